The fraction of sp³-hybridized carbons (Fsp3) is 0.435. The van der Waals surface area contributed by atoms with Crippen LogP contribution in [0, 0.1) is 0 Å². The molecule has 1 unspecified atom stereocenters. The highest BCUT2D eigenvalue weighted by atomic mass is 16.5. The molecule has 30 heavy (non-hydrogen) atoms. The third kappa shape index (κ3) is 5.95. The van der Waals surface area contributed by atoms with Crippen LogP contribution in [0.15, 0.2) is 48.7 Å². The van der Waals surface area contributed by atoms with Crippen LogP contribution in [0.2, 0.25) is 0 Å². The minimum atomic E-state index is -1.37. The Bertz CT molecular complexity index is 858. The fourth-order valence-corrected chi connectivity index (χ4v) is 3.25. The third-order valence-corrected chi connectivity index (χ3v) is 4.91. The van der Waals surface area contributed by atoms with Gasteiger partial charge in [0.15, 0.2) is 0 Å². The number of aromatic nitrogens is 1. The van der Waals surface area contributed by atoms with Crippen molar-refractivity contribution in [3.63, 3.8) is 0 Å². The molecule has 2 amide bonds. The van der Waals surface area contributed by atoms with Gasteiger partial charge in [0.05, 0.1) is 6.20 Å². The SMILES string of the molecule is CC(C)(C)N(C(=O)[O-])C(Cc1ccc(OCc2ccccc2)cn1)C(=O)NC1CC1. The highest BCUT2D eigenvalue weighted by Gasteiger charge is 2.36. The van der Waals surface area contributed by atoms with Gasteiger partial charge in [-0.3, -0.25) is 9.78 Å². The predicted octanol–water partition coefficient (Wildman–Crippen LogP) is 2.29. The Kier molecular flexibility index (Phi) is 6.59. The van der Waals surface area contributed by atoms with Gasteiger partial charge < -0.3 is 24.9 Å². The number of carbonyl (C=O) groups is 2. The molecule has 0 spiro atoms. The lowest BCUT2D eigenvalue weighted by atomic mass is 9.99. The van der Waals surface area contributed by atoms with E-state index in [0.717, 1.165) is 23.3 Å². The maximum Gasteiger partial charge on any atom is 0.243 e. The molecule has 1 aliphatic carbocycles. The van der Waals surface area contributed by atoms with E-state index < -0.39 is 17.7 Å². The van der Waals surface area contributed by atoms with Crippen LogP contribution in [-0.4, -0.2) is 39.5 Å². The molecule has 1 aromatic carbocycles. The van der Waals surface area contributed by atoms with Crippen LogP contribution in [0.4, 0.5) is 4.79 Å². The van der Waals surface area contributed by atoms with Crippen molar-refractivity contribution < 1.29 is 19.4 Å². The minimum Gasteiger partial charge on any atom is -0.530 e. The van der Waals surface area contributed by atoms with Crippen LogP contribution >= 0.6 is 0 Å². The van der Waals surface area contributed by atoms with E-state index in [9.17, 15) is 14.7 Å². The van der Waals surface area contributed by atoms with Crippen LogP contribution in [0.25, 0.3) is 0 Å². The van der Waals surface area contributed by atoms with Crippen molar-refractivity contribution in [3.05, 3.63) is 59.9 Å². The summed E-state index contributed by atoms with van der Waals surface area (Å²) in [7, 11) is 0. The second kappa shape index (κ2) is 9.15. The molecule has 1 heterocycles. The summed E-state index contributed by atoms with van der Waals surface area (Å²) < 4.78 is 5.74. The molecule has 1 N–H and O–H groups in total. The summed E-state index contributed by atoms with van der Waals surface area (Å²) in [6.45, 7) is 5.66. The monoisotopic (exact) mass is 410 g/mol. The number of carbonyl (C=O) groups excluding carboxylic acids is 2. The van der Waals surface area contributed by atoms with Crippen molar-refractivity contribution >= 4 is 12.0 Å². The van der Waals surface area contributed by atoms with Crippen LogP contribution < -0.4 is 15.2 Å². The Hall–Kier alpha value is -3.09. The summed E-state index contributed by atoms with van der Waals surface area (Å²) in [5.41, 5.74) is 0.866. The molecular weight excluding hydrogens is 382 g/mol. The molecule has 1 atom stereocenters. The Balaban J connectivity index is 1.71. The van der Waals surface area contributed by atoms with Gasteiger partial charge in [0.25, 0.3) is 0 Å². The van der Waals surface area contributed by atoms with Crippen LogP contribution in [-0.2, 0) is 17.8 Å². The van der Waals surface area contributed by atoms with Crippen molar-refractivity contribution in [2.75, 3.05) is 0 Å². The first-order valence-corrected chi connectivity index (χ1v) is 10.2. The number of rotatable bonds is 8. The Morgan fingerprint density at radius 1 is 1.20 bits per heavy atom. The van der Waals surface area contributed by atoms with Gasteiger partial charge in [-0.15, -0.1) is 0 Å². The van der Waals surface area contributed by atoms with E-state index >= 15 is 0 Å². The molecule has 3 rings (SSSR count). The van der Waals surface area contributed by atoms with E-state index in [4.69, 9.17) is 4.74 Å². The van der Waals surface area contributed by atoms with Crippen molar-refractivity contribution in [2.45, 2.75) is 64.3 Å². The summed E-state index contributed by atoms with van der Waals surface area (Å²) in [6, 6.07) is 12.6. The number of nitrogens with zero attached hydrogens (tertiary/aromatic N) is 2. The van der Waals surface area contributed by atoms with Gasteiger partial charge in [0.2, 0.25) is 5.91 Å². The average Bonchev–Trinajstić information content (AvgIpc) is 3.50. The van der Waals surface area contributed by atoms with Crippen LogP contribution in [0.1, 0.15) is 44.9 Å². The fourth-order valence-electron chi connectivity index (χ4n) is 3.25. The topological polar surface area (TPSA) is 94.6 Å². The van der Waals surface area contributed by atoms with Gasteiger partial charge in [-0.1, -0.05) is 30.3 Å². The summed E-state index contributed by atoms with van der Waals surface area (Å²) in [5.74, 6) is 0.289. The van der Waals surface area contributed by atoms with Gasteiger partial charge in [0.1, 0.15) is 24.5 Å². The second-order valence-electron chi connectivity index (χ2n) is 8.57. The molecule has 1 fully saturated rings. The second-order valence-corrected chi connectivity index (χ2v) is 8.57. The molecule has 0 aliphatic heterocycles. The van der Waals surface area contributed by atoms with E-state index in [1.165, 1.54) is 0 Å². The number of hydrogen-bond donors (Lipinski definition) is 1. The van der Waals surface area contributed by atoms with Crippen molar-refractivity contribution in [1.82, 2.24) is 15.2 Å². The summed E-state index contributed by atoms with van der Waals surface area (Å²) in [6.07, 6.45) is 2.22. The first-order chi connectivity index (χ1) is 14.2. The number of amides is 2. The zero-order chi connectivity index (χ0) is 21.7. The Morgan fingerprint density at radius 3 is 2.43 bits per heavy atom. The highest BCUT2D eigenvalue weighted by Crippen LogP contribution is 2.23. The predicted molar refractivity (Wildman–Crippen MR) is 111 cm³/mol. The van der Waals surface area contributed by atoms with E-state index in [-0.39, 0.29) is 18.4 Å². The molecule has 1 aliphatic rings. The molecule has 1 saturated carbocycles. The van der Waals surface area contributed by atoms with Gasteiger partial charge in [-0.25, -0.2) is 0 Å². The number of nitrogens with one attached hydrogen (secondary N) is 1. The highest BCUT2D eigenvalue weighted by molar-refractivity contribution is 5.86. The summed E-state index contributed by atoms with van der Waals surface area (Å²) in [4.78, 5) is 30.2. The Labute approximate surface area is 177 Å². The lowest BCUT2D eigenvalue weighted by molar-refractivity contribution is -0.273. The molecule has 0 bridgehead atoms. The number of hydrogen-bond acceptors (Lipinski definition) is 5. The standard InChI is InChI=1S/C23H29N3O4/c1-23(2,3)26(22(28)29)20(21(27)25-17-9-10-17)13-18-11-12-19(14-24-18)30-15-16-7-5-4-6-8-16/h4-8,11-12,14,17,20H,9-10,13,15H2,1-3H3,(H,25,27)(H,28,29)/p-1. The first kappa shape index (κ1) is 21.6. The number of carboxylic acid groups (broad SMARTS) is 1. The van der Waals surface area contributed by atoms with E-state index in [1.807, 2.05) is 30.3 Å². The number of ether oxygens (including phenoxy) is 1. The third-order valence-electron chi connectivity index (χ3n) is 4.91. The molecule has 160 valence electrons. The maximum absolute atomic E-state index is 12.8. The van der Waals surface area contributed by atoms with E-state index in [0.29, 0.717) is 18.1 Å². The van der Waals surface area contributed by atoms with Crippen LogP contribution in [0.5, 0.6) is 5.75 Å². The lowest BCUT2D eigenvalue weighted by Crippen LogP contribution is -2.61. The van der Waals surface area contributed by atoms with Gasteiger partial charge in [0, 0.05) is 23.7 Å². The zero-order valence-electron chi connectivity index (χ0n) is 17.6. The average molecular weight is 410 g/mol. The van der Waals surface area contributed by atoms with Crippen molar-refractivity contribution in [2.24, 2.45) is 0 Å². The zero-order valence-corrected chi connectivity index (χ0v) is 17.6. The molecule has 0 radical (unpaired) electrons. The number of pyridine rings is 1. The molecule has 0 saturated heterocycles. The first-order valence-electron chi connectivity index (χ1n) is 10.2. The molecule has 7 heteroatoms. The van der Waals surface area contributed by atoms with Crippen molar-refractivity contribution in [3.8, 4) is 5.75 Å². The number of benzene rings is 1. The smallest absolute Gasteiger partial charge is 0.243 e. The van der Waals surface area contributed by atoms with Crippen molar-refractivity contribution in [1.29, 1.82) is 0 Å². The quantitative estimate of drug-likeness (QED) is 0.721. The normalized spacial score (nSPS) is 14.6. The van der Waals surface area contributed by atoms with E-state index in [1.54, 1.807) is 39.1 Å². The van der Waals surface area contributed by atoms with Crippen LogP contribution in [0.3, 0.4) is 0 Å². The van der Waals surface area contributed by atoms with Gasteiger partial charge in [-0.05, 0) is 51.3 Å². The molecule has 7 nitrogen and oxygen atoms in total. The summed E-state index contributed by atoms with van der Waals surface area (Å²) >= 11 is 0. The molecule has 1 aromatic heterocycles. The summed E-state index contributed by atoms with van der Waals surface area (Å²) in [5, 5.41) is 14.8. The largest absolute Gasteiger partial charge is 0.530 e. The van der Waals surface area contributed by atoms with Gasteiger partial charge >= 0.3 is 0 Å². The van der Waals surface area contributed by atoms with E-state index in [2.05, 4.69) is 10.3 Å². The lowest BCUT2D eigenvalue weighted by Gasteiger charge is -2.42. The minimum absolute atomic E-state index is 0.130. The Morgan fingerprint density at radius 2 is 1.90 bits per heavy atom. The molecular formula is C23H28N3O4-. The molecule has 2 aromatic rings. The maximum atomic E-state index is 12.8. The van der Waals surface area contributed by atoms with Gasteiger partial charge in [-0.2, -0.15) is 0 Å².